The van der Waals surface area contributed by atoms with Gasteiger partial charge in [0.05, 0.1) is 0 Å². The number of hydrogen-bond donors (Lipinski definition) is 0. The molecule has 1 aromatic carbocycles. The maximum absolute atomic E-state index is 2.51. The van der Waals surface area contributed by atoms with Crippen LogP contribution in [0.4, 0.5) is 0 Å². The summed E-state index contributed by atoms with van der Waals surface area (Å²) >= 11 is 2.32. The standard InChI is InChI=1S/C14H26.C14H20.CH4IP.H2/c2*1-10-13(2,3)11-8-6-7-9-12(11)14(10,4)5;1-3-2;/h10-12H,6-9H2,1-5H3;6-10H,1-5H3;3H,1H3;1H. The van der Waals surface area contributed by atoms with Crippen molar-refractivity contribution in [3.63, 3.8) is 0 Å². The Labute approximate surface area is 211 Å². The molecule has 0 amide bonds. The lowest BCUT2D eigenvalue weighted by molar-refractivity contribution is 0.136. The Balaban J connectivity index is 0.000000278. The van der Waals surface area contributed by atoms with Gasteiger partial charge in [-0.15, -0.1) is 0 Å². The van der Waals surface area contributed by atoms with Crippen molar-refractivity contribution in [1.82, 2.24) is 0 Å². The Hall–Kier alpha value is 0.380. The molecule has 0 N–H and O–H groups in total. The molecule has 2 heteroatoms. The van der Waals surface area contributed by atoms with Crippen molar-refractivity contribution in [3.05, 3.63) is 35.4 Å². The Kier molecular flexibility index (Phi) is 8.85. The van der Waals surface area contributed by atoms with Crippen LogP contribution in [0.2, 0.25) is 0 Å². The summed E-state index contributed by atoms with van der Waals surface area (Å²) in [6, 6.07) is 8.91. The van der Waals surface area contributed by atoms with Crippen LogP contribution in [-0.2, 0) is 10.8 Å². The first-order valence-corrected chi connectivity index (χ1v) is 17.2. The lowest BCUT2D eigenvalue weighted by Crippen LogP contribution is -2.30. The lowest BCUT2D eigenvalue weighted by atomic mass is 9.69. The van der Waals surface area contributed by atoms with E-state index in [2.05, 4.69) is 122 Å². The van der Waals surface area contributed by atoms with Crippen molar-refractivity contribution in [2.24, 2.45) is 34.5 Å². The fourth-order valence-electron chi connectivity index (χ4n) is 7.49. The highest BCUT2D eigenvalue weighted by Gasteiger charge is 2.57. The molecule has 3 aliphatic rings. The summed E-state index contributed by atoms with van der Waals surface area (Å²) < 4.78 is 0. The largest absolute Gasteiger partial charge is 0.0620 e. The van der Waals surface area contributed by atoms with E-state index in [1.54, 1.807) is 0 Å². The molecule has 1 aromatic rings. The zero-order valence-corrected chi connectivity index (χ0v) is 25.5. The normalized spacial score (nSPS) is 31.8. The third kappa shape index (κ3) is 4.94. The van der Waals surface area contributed by atoms with E-state index in [-0.39, 0.29) is 1.43 Å². The fraction of sp³-hybridized carbons (Fsp3) is 0.793. The van der Waals surface area contributed by atoms with Crippen molar-refractivity contribution in [3.8, 4) is 0 Å². The van der Waals surface area contributed by atoms with Crippen molar-refractivity contribution in [2.75, 3.05) is 6.66 Å². The van der Waals surface area contributed by atoms with Gasteiger partial charge in [-0.25, -0.2) is 0 Å². The maximum atomic E-state index is 2.51. The molecule has 0 spiro atoms. The molecule has 0 heterocycles. The van der Waals surface area contributed by atoms with Crippen LogP contribution >= 0.6 is 28.3 Å². The highest BCUT2D eigenvalue weighted by atomic mass is 127. The highest BCUT2D eigenvalue weighted by molar-refractivity contribution is 14.2. The molecular weight excluding hydrogens is 506 g/mol. The summed E-state index contributed by atoms with van der Waals surface area (Å²) in [7, 11) is 0. The SMILES string of the molecule is CC1C(C)(C)C2CCCCC2C1(C)C.CC1C(C)(C)c2ccccc2C1(C)C.CPI.[HH]. The molecule has 0 saturated heterocycles. The summed E-state index contributed by atoms with van der Waals surface area (Å²) in [4.78, 5) is 0. The number of fused-ring (bicyclic) bond motifs is 2. The van der Waals surface area contributed by atoms with Crippen molar-refractivity contribution in [1.29, 1.82) is 0 Å². The predicted octanol–water partition coefficient (Wildman–Crippen LogP) is 10.3. The first-order chi connectivity index (χ1) is 14.2. The molecule has 2 saturated carbocycles. The second-order valence-corrected chi connectivity index (χ2v) is 16.4. The van der Waals surface area contributed by atoms with Gasteiger partial charge in [-0.2, -0.15) is 0 Å². The van der Waals surface area contributed by atoms with Gasteiger partial charge in [-0.05, 0) is 76.0 Å². The third-order valence-electron chi connectivity index (χ3n) is 10.4. The quantitative estimate of drug-likeness (QED) is 0.220. The van der Waals surface area contributed by atoms with E-state index >= 15 is 0 Å². The first kappa shape index (κ1) is 27.6. The van der Waals surface area contributed by atoms with Crippen LogP contribution in [0, 0.1) is 34.5 Å². The average Bonchev–Trinajstić information content (AvgIpc) is 2.95. The lowest BCUT2D eigenvalue weighted by Gasteiger charge is -2.36. The van der Waals surface area contributed by atoms with E-state index in [4.69, 9.17) is 0 Å². The van der Waals surface area contributed by atoms with Gasteiger partial charge in [0, 0.05) is 1.43 Å². The zero-order chi connectivity index (χ0) is 23.8. The number of rotatable bonds is 0. The molecule has 31 heavy (non-hydrogen) atoms. The Bertz CT molecular complexity index is 677. The molecule has 2 fully saturated rings. The predicted molar refractivity (Wildman–Crippen MR) is 154 cm³/mol. The van der Waals surface area contributed by atoms with Gasteiger partial charge >= 0.3 is 0 Å². The van der Waals surface area contributed by atoms with Crippen LogP contribution < -0.4 is 0 Å². The number of hydrogen-bond acceptors (Lipinski definition) is 0. The monoisotopic (exact) mass is 558 g/mol. The van der Waals surface area contributed by atoms with E-state index in [9.17, 15) is 0 Å². The molecule has 3 unspecified atom stereocenters. The molecule has 0 aromatic heterocycles. The van der Waals surface area contributed by atoms with Gasteiger partial charge in [0.25, 0.3) is 0 Å². The minimum Gasteiger partial charge on any atom is -0.0620 e. The van der Waals surface area contributed by atoms with Gasteiger partial charge in [0.2, 0.25) is 0 Å². The van der Waals surface area contributed by atoms with Crippen LogP contribution in [0.1, 0.15) is 107 Å². The second-order valence-electron chi connectivity index (χ2n) is 12.8. The Morgan fingerprint density at radius 1 is 0.742 bits per heavy atom. The molecule has 3 aliphatic carbocycles. The average molecular weight is 559 g/mol. The molecule has 180 valence electrons. The van der Waals surface area contributed by atoms with E-state index in [0.29, 0.717) is 27.6 Å². The van der Waals surface area contributed by atoms with Gasteiger partial charge in [0.15, 0.2) is 0 Å². The maximum Gasteiger partial charge on any atom is 0 e. The summed E-state index contributed by atoms with van der Waals surface area (Å²) in [5, 5.41) is 0. The minimum atomic E-state index is 0. The number of halogens is 1. The summed E-state index contributed by atoms with van der Waals surface area (Å²) in [5.74, 6) is 3.58. The Morgan fingerprint density at radius 2 is 1.06 bits per heavy atom. The van der Waals surface area contributed by atoms with Crippen LogP contribution in [0.25, 0.3) is 0 Å². The smallest absolute Gasteiger partial charge is 0 e. The van der Waals surface area contributed by atoms with Crippen LogP contribution in [0.5, 0.6) is 0 Å². The van der Waals surface area contributed by atoms with Crippen molar-refractivity contribution < 1.29 is 1.43 Å². The fourth-order valence-corrected chi connectivity index (χ4v) is 7.49. The second kappa shape index (κ2) is 9.93. The molecule has 0 bridgehead atoms. The van der Waals surface area contributed by atoms with Gasteiger partial charge in [-0.1, -0.05) is 135 Å². The third-order valence-corrected chi connectivity index (χ3v) is 10.4. The minimum absolute atomic E-state index is 0. The van der Waals surface area contributed by atoms with Gasteiger partial charge in [0.1, 0.15) is 0 Å². The summed E-state index contributed by atoms with van der Waals surface area (Å²) in [6.45, 7) is 26.5. The zero-order valence-electron chi connectivity index (χ0n) is 22.3. The molecule has 0 aliphatic heterocycles. The topological polar surface area (TPSA) is 0 Å². The van der Waals surface area contributed by atoms with Crippen molar-refractivity contribution in [2.45, 2.75) is 106 Å². The molecular formula is C29H52IP. The highest BCUT2D eigenvalue weighted by Crippen LogP contribution is 2.64. The molecule has 0 nitrogen and oxygen atoms in total. The van der Waals surface area contributed by atoms with E-state index in [0.717, 1.165) is 24.0 Å². The molecule has 4 rings (SSSR count). The van der Waals surface area contributed by atoms with E-state index in [1.807, 2.05) is 0 Å². The van der Waals surface area contributed by atoms with E-state index < -0.39 is 0 Å². The van der Waals surface area contributed by atoms with Crippen molar-refractivity contribution >= 4 is 28.3 Å². The summed E-state index contributed by atoms with van der Waals surface area (Å²) in [5.41, 5.74) is 4.87. The van der Waals surface area contributed by atoms with E-state index in [1.165, 1.54) is 36.8 Å². The molecule has 0 radical (unpaired) electrons. The molecule has 3 atom stereocenters. The van der Waals surface area contributed by atoms with Gasteiger partial charge < -0.3 is 0 Å². The Morgan fingerprint density at radius 3 is 1.39 bits per heavy atom. The van der Waals surface area contributed by atoms with Gasteiger partial charge in [-0.3, -0.25) is 0 Å². The van der Waals surface area contributed by atoms with Crippen LogP contribution in [0.3, 0.4) is 0 Å². The van der Waals surface area contributed by atoms with Crippen LogP contribution in [-0.4, -0.2) is 6.66 Å². The first-order valence-electron chi connectivity index (χ1n) is 12.6. The van der Waals surface area contributed by atoms with Crippen LogP contribution in [0.15, 0.2) is 24.3 Å². The summed E-state index contributed by atoms with van der Waals surface area (Å²) in [6.07, 6.45) is 7.00. The number of benzene rings is 1.